The van der Waals surface area contributed by atoms with Crippen LogP contribution in [0.3, 0.4) is 0 Å². The molecular weight excluding hydrogens is 176 g/mol. The van der Waals surface area contributed by atoms with E-state index in [2.05, 4.69) is 30.7 Å². The Balaban J connectivity index is 0.000000213. The summed E-state index contributed by atoms with van der Waals surface area (Å²) in [5.41, 5.74) is 1.62. The predicted octanol–water partition coefficient (Wildman–Crippen LogP) is 3.19. The van der Waals surface area contributed by atoms with Crippen LogP contribution >= 0.6 is 0 Å². The van der Waals surface area contributed by atoms with Crippen molar-refractivity contribution in [1.82, 2.24) is 9.97 Å². The summed E-state index contributed by atoms with van der Waals surface area (Å²) in [6, 6.07) is 1.80. The third-order valence-electron chi connectivity index (χ3n) is 1.30. The normalized spacial score (nSPS) is 10.1. The van der Waals surface area contributed by atoms with E-state index in [0.29, 0.717) is 5.89 Å². The van der Waals surface area contributed by atoms with Crippen LogP contribution in [0, 0.1) is 12.8 Å². The summed E-state index contributed by atoms with van der Waals surface area (Å²) in [5.74, 6) is 1.52. The number of aryl methyl sites for hydroxylation is 1. The Labute approximate surface area is 84.2 Å². The molecule has 76 valence electrons. The molecule has 0 amide bonds. The number of aromatic nitrogens is 2. The number of rotatable bonds is 0. The van der Waals surface area contributed by atoms with E-state index in [1.807, 2.05) is 6.92 Å². The van der Waals surface area contributed by atoms with Crippen molar-refractivity contribution in [2.24, 2.45) is 5.92 Å². The molecular formula is C11H16N2O. The van der Waals surface area contributed by atoms with Crippen molar-refractivity contribution in [1.29, 1.82) is 0 Å². The number of oxazole rings is 1. The highest BCUT2D eigenvalue weighted by Gasteiger charge is 1.98. The first-order valence-electron chi connectivity index (χ1n) is 4.76. The van der Waals surface area contributed by atoms with Gasteiger partial charge in [0, 0.05) is 19.2 Å². The standard InChI is InChI=1S/C7H6N2O.C4H10/c1-5-9-6-4-8-3-2-7(6)10-5;1-4(2)3/h2-4H,1H3;4H,1-3H3. The molecule has 2 rings (SSSR count). The molecule has 2 heterocycles. The molecule has 0 fully saturated rings. The maximum absolute atomic E-state index is 5.22. The topological polar surface area (TPSA) is 38.9 Å². The van der Waals surface area contributed by atoms with Gasteiger partial charge in [-0.2, -0.15) is 0 Å². The van der Waals surface area contributed by atoms with Gasteiger partial charge in [0.2, 0.25) is 0 Å². The van der Waals surface area contributed by atoms with Gasteiger partial charge >= 0.3 is 0 Å². The van der Waals surface area contributed by atoms with E-state index < -0.39 is 0 Å². The second-order valence-corrected chi connectivity index (χ2v) is 3.81. The smallest absolute Gasteiger partial charge is 0.192 e. The summed E-state index contributed by atoms with van der Waals surface area (Å²) in [6.45, 7) is 8.32. The van der Waals surface area contributed by atoms with Crippen molar-refractivity contribution in [2.75, 3.05) is 0 Å². The second kappa shape index (κ2) is 4.74. The molecule has 0 radical (unpaired) electrons. The van der Waals surface area contributed by atoms with Crippen LogP contribution < -0.4 is 0 Å². The van der Waals surface area contributed by atoms with E-state index in [0.717, 1.165) is 17.0 Å². The van der Waals surface area contributed by atoms with Gasteiger partial charge in [0.25, 0.3) is 0 Å². The number of pyridine rings is 1. The Kier molecular flexibility index (Phi) is 3.63. The molecule has 0 saturated heterocycles. The first-order chi connectivity index (χ1) is 6.59. The van der Waals surface area contributed by atoms with Crippen LogP contribution in [-0.2, 0) is 0 Å². The Hall–Kier alpha value is -1.38. The predicted molar refractivity (Wildman–Crippen MR) is 57.1 cm³/mol. The summed E-state index contributed by atoms with van der Waals surface area (Å²) in [5, 5.41) is 0. The zero-order valence-electron chi connectivity index (χ0n) is 9.11. The number of nitrogens with zero attached hydrogens (tertiary/aromatic N) is 2. The first kappa shape index (κ1) is 10.7. The average molecular weight is 192 g/mol. The van der Waals surface area contributed by atoms with Gasteiger partial charge in [-0.3, -0.25) is 4.98 Å². The largest absolute Gasteiger partial charge is 0.441 e. The second-order valence-electron chi connectivity index (χ2n) is 3.81. The van der Waals surface area contributed by atoms with Gasteiger partial charge in [0.05, 0.1) is 6.20 Å². The number of hydrogen-bond donors (Lipinski definition) is 0. The van der Waals surface area contributed by atoms with Crippen LogP contribution in [0.4, 0.5) is 0 Å². The molecule has 0 spiro atoms. The van der Waals surface area contributed by atoms with Crippen molar-refractivity contribution >= 4 is 11.1 Å². The van der Waals surface area contributed by atoms with Crippen molar-refractivity contribution < 1.29 is 4.42 Å². The summed E-state index contributed by atoms with van der Waals surface area (Å²) in [6.07, 6.45) is 3.37. The molecule has 0 N–H and O–H groups in total. The molecule has 3 nitrogen and oxygen atoms in total. The molecule has 0 aliphatic carbocycles. The number of fused-ring (bicyclic) bond motifs is 1. The Morgan fingerprint density at radius 1 is 1.29 bits per heavy atom. The molecule has 0 aromatic carbocycles. The number of hydrogen-bond acceptors (Lipinski definition) is 3. The summed E-state index contributed by atoms with van der Waals surface area (Å²) < 4.78 is 5.22. The van der Waals surface area contributed by atoms with Crippen molar-refractivity contribution in [2.45, 2.75) is 27.7 Å². The van der Waals surface area contributed by atoms with E-state index in [-0.39, 0.29) is 0 Å². The van der Waals surface area contributed by atoms with Crippen LogP contribution in [0.15, 0.2) is 22.9 Å². The third-order valence-corrected chi connectivity index (χ3v) is 1.30. The minimum atomic E-state index is 0.683. The lowest BCUT2D eigenvalue weighted by Crippen LogP contribution is -1.69. The van der Waals surface area contributed by atoms with Crippen LogP contribution in [0.25, 0.3) is 11.1 Å². The Morgan fingerprint density at radius 3 is 2.50 bits per heavy atom. The van der Waals surface area contributed by atoms with Gasteiger partial charge in [-0.05, 0) is 5.92 Å². The van der Waals surface area contributed by atoms with E-state index in [1.165, 1.54) is 0 Å². The van der Waals surface area contributed by atoms with Gasteiger partial charge < -0.3 is 4.42 Å². The average Bonchev–Trinajstić information content (AvgIpc) is 2.42. The third kappa shape index (κ3) is 3.17. The fourth-order valence-corrected chi connectivity index (χ4v) is 0.895. The highest BCUT2D eigenvalue weighted by Crippen LogP contribution is 2.11. The Bertz CT molecular complexity index is 357. The van der Waals surface area contributed by atoms with Crippen LogP contribution in [0.5, 0.6) is 0 Å². The van der Waals surface area contributed by atoms with Gasteiger partial charge in [0.15, 0.2) is 11.5 Å². The highest BCUT2D eigenvalue weighted by molar-refractivity contribution is 5.70. The lowest BCUT2D eigenvalue weighted by atomic mass is 10.3. The monoisotopic (exact) mass is 192 g/mol. The zero-order chi connectivity index (χ0) is 10.6. The molecule has 2 aromatic rings. The molecule has 0 aliphatic heterocycles. The lowest BCUT2D eigenvalue weighted by Gasteiger charge is -1.79. The van der Waals surface area contributed by atoms with E-state index in [1.54, 1.807) is 18.5 Å². The fraction of sp³-hybridized carbons (Fsp3) is 0.455. The molecule has 2 aromatic heterocycles. The molecule has 0 atom stereocenters. The van der Waals surface area contributed by atoms with Crippen molar-refractivity contribution in [3.05, 3.63) is 24.4 Å². The first-order valence-corrected chi connectivity index (χ1v) is 4.76. The van der Waals surface area contributed by atoms with Gasteiger partial charge in [-0.25, -0.2) is 4.98 Å². The minimum Gasteiger partial charge on any atom is -0.441 e. The minimum absolute atomic E-state index is 0.683. The maximum atomic E-state index is 5.22. The maximum Gasteiger partial charge on any atom is 0.192 e. The van der Waals surface area contributed by atoms with Crippen molar-refractivity contribution in [3.8, 4) is 0 Å². The molecule has 0 bridgehead atoms. The molecule has 14 heavy (non-hydrogen) atoms. The molecule has 0 saturated carbocycles. The summed E-state index contributed by atoms with van der Waals surface area (Å²) in [7, 11) is 0. The van der Waals surface area contributed by atoms with Crippen molar-refractivity contribution in [3.63, 3.8) is 0 Å². The quantitative estimate of drug-likeness (QED) is 0.643. The van der Waals surface area contributed by atoms with Gasteiger partial charge in [-0.15, -0.1) is 0 Å². The molecule has 0 unspecified atom stereocenters. The Morgan fingerprint density at radius 2 is 1.93 bits per heavy atom. The SMILES string of the molecule is CC(C)C.Cc1nc2cnccc2o1. The van der Waals surface area contributed by atoms with Gasteiger partial charge in [0.1, 0.15) is 5.52 Å². The lowest BCUT2D eigenvalue weighted by molar-refractivity contribution is 0.561. The van der Waals surface area contributed by atoms with E-state index >= 15 is 0 Å². The highest BCUT2D eigenvalue weighted by atomic mass is 16.3. The molecule has 3 heteroatoms. The summed E-state index contributed by atoms with van der Waals surface area (Å²) >= 11 is 0. The van der Waals surface area contributed by atoms with Crippen LogP contribution in [0.2, 0.25) is 0 Å². The van der Waals surface area contributed by atoms with Gasteiger partial charge in [-0.1, -0.05) is 20.8 Å². The van der Waals surface area contributed by atoms with E-state index in [4.69, 9.17) is 4.42 Å². The summed E-state index contributed by atoms with van der Waals surface area (Å²) in [4.78, 5) is 7.99. The van der Waals surface area contributed by atoms with Crippen LogP contribution in [0.1, 0.15) is 26.7 Å². The molecule has 0 aliphatic rings. The zero-order valence-corrected chi connectivity index (χ0v) is 9.11. The van der Waals surface area contributed by atoms with E-state index in [9.17, 15) is 0 Å². The fourth-order valence-electron chi connectivity index (χ4n) is 0.895. The van der Waals surface area contributed by atoms with Crippen LogP contribution in [-0.4, -0.2) is 9.97 Å².